The molecule has 3 aromatic rings. The molecule has 184 valence electrons. The first kappa shape index (κ1) is 23.9. The van der Waals surface area contributed by atoms with Gasteiger partial charge in [-0.3, -0.25) is 0 Å². The van der Waals surface area contributed by atoms with Crippen molar-refractivity contribution in [2.75, 3.05) is 37.7 Å². The molecule has 2 aliphatic heterocycles. The molecule has 0 unspecified atom stereocenters. The molecule has 12 heteroatoms. The van der Waals surface area contributed by atoms with Gasteiger partial charge in [-0.15, -0.1) is 0 Å². The van der Waals surface area contributed by atoms with Crippen molar-refractivity contribution >= 4 is 27.6 Å². The number of morpholine rings is 1. The van der Waals surface area contributed by atoms with Crippen LogP contribution in [0, 0.1) is 11.6 Å². The van der Waals surface area contributed by atoms with Crippen LogP contribution in [-0.4, -0.2) is 55.5 Å². The first-order chi connectivity index (χ1) is 16.8. The van der Waals surface area contributed by atoms with Gasteiger partial charge in [-0.25, -0.2) is 22.2 Å². The standard InChI is InChI=1S/C23H21ClF2N4O4S/c24-15-2-1-3-17(12-15)35(31,32)30-7-6-20-18(14-30)22(34-21-5-4-16(25)13-19(21)26)28-23(27-20)29-8-10-33-11-9-29/h1-5,12-13H,6-11,14H2. The van der Waals surface area contributed by atoms with Crippen LogP contribution >= 0.6 is 11.6 Å². The third kappa shape index (κ3) is 4.94. The van der Waals surface area contributed by atoms with Crippen molar-refractivity contribution in [1.82, 2.24) is 14.3 Å². The summed E-state index contributed by atoms with van der Waals surface area (Å²) in [5, 5.41) is 0.303. The van der Waals surface area contributed by atoms with Crippen LogP contribution in [0.25, 0.3) is 0 Å². The minimum Gasteiger partial charge on any atom is -0.435 e. The summed E-state index contributed by atoms with van der Waals surface area (Å²) < 4.78 is 66.8. The number of fused-ring (bicyclic) bond motifs is 1. The zero-order valence-corrected chi connectivity index (χ0v) is 20.0. The normalized spacial score (nSPS) is 16.7. The average molecular weight is 523 g/mol. The molecule has 0 amide bonds. The molecule has 3 heterocycles. The van der Waals surface area contributed by atoms with Gasteiger partial charge in [0.2, 0.25) is 21.9 Å². The topological polar surface area (TPSA) is 84.9 Å². The van der Waals surface area contributed by atoms with E-state index in [4.69, 9.17) is 21.1 Å². The quantitative estimate of drug-likeness (QED) is 0.504. The van der Waals surface area contributed by atoms with E-state index in [0.717, 1.165) is 12.1 Å². The highest BCUT2D eigenvalue weighted by molar-refractivity contribution is 7.89. The summed E-state index contributed by atoms with van der Waals surface area (Å²) in [5.41, 5.74) is 1.03. The Balaban J connectivity index is 1.54. The summed E-state index contributed by atoms with van der Waals surface area (Å²) in [4.78, 5) is 11.2. The Labute approximate surface area is 206 Å². The molecule has 1 aromatic heterocycles. The second kappa shape index (κ2) is 9.65. The van der Waals surface area contributed by atoms with E-state index in [1.807, 2.05) is 4.90 Å². The van der Waals surface area contributed by atoms with Crippen molar-refractivity contribution in [3.05, 3.63) is 70.4 Å². The molecule has 2 aromatic carbocycles. The minimum absolute atomic E-state index is 0.0213. The van der Waals surface area contributed by atoms with E-state index in [1.165, 1.54) is 16.4 Å². The SMILES string of the molecule is O=S(=O)(c1cccc(Cl)c1)N1CCc2nc(N3CCOCC3)nc(Oc3ccc(F)cc3F)c2C1. The number of halogens is 3. The third-order valence-electron chi connectivity index (χ3n) is 5.80. The first-order valence-electron chi connectivity index (χ1n) is 10.9. The van der Waals surface area contributed by atoms with E-state index in [2.05, 4.69) is 9.97 Å². The maximum absolute atomic E-state index is 14.4. The van der Waals surface area contributed by atoms with Crippen molar-refractivity contribution in [2.45, 2.75) is 17.9 Å². The summed E-state index contributed by atoms with van der Waals surface area (Å²) in [5.74, 6) is -1.46. The first-order valence-corrected chi connectivity index (χ1v) is 12.7. The van der Waals surface area contributed by atoms with Gasteiger partial charge >= 0.3 is 0 Å². The number of sulfonamides is 1. The van der Waals surface area contributed by atoms with Gasteiger partial charge < -0.3 is 14.4 Å². The van der Waals surface area contributed by atoms with E-state index in [0.29, 0.717) is 61.0 Å². The zero-order chi connectivity index (χ0) is 24.6. The number of rotatable bonds is 5. The number of aromatic nitrogens is 2. The summed E-state index contributed by atoms with van der Waals surface area (Å²) in [6.07, 6.45) is 0.303. The zero-order valence-electron chi connectivity index (χ0n) is 18.5. The predicted molar refractivity (Wildman–Crippen MR) is 124 cm³/mol. The number of anilines is 1. The average Bonchev–Trinajstić information content (AvgIpc) is 2.86. The number of ether oxygens (including phenoxy) is 2. The fourth-order valence-corrected chi connectivity index (χ4v) is 5.69. The molecule has 1 fully saturated rings. The van der Waals surface area contributed by atoms with E-state index < -0.39 is 21.7 Å². The fraction of sp³-hybridized carbons (Fsp3) is 0.304. The maximum atomic E-state index is 14.4. The Morgan fingerprint density at radius 1 is 1.03 bits per heavy atom. The number of hydrogen-bond acceptors (Lipinski definition) is 7. The Kier molecular flexibility index (Phi) is 6.58. The van der Waals surface area contributed by atoms with Gasteiger partial charge in [0.25, 0.3) is 0 Å². The van der Waals surface area contributed by atoms with E-state index >= 15 is 0 Å². The summed E-state index contributed by atoms with van der Waals surface area (Å²) in [7, 11) is -3.87. The van der Waals surface area contributed by atoms with Crippen molar-refractivity contribution in [3.63, 3.8) is 0 Å². The highest BCUT2D eigenvalue weighted by Crippen LogP contribution is 2.34. The van der Waals surface area contributed by atoms with Crippen LogP contribution in [0.15, 0.2) is 47.4 Å². The van der Waals surface area contributed by atoms with Gasteiger partial charge in [0.1, 0.15) is 5.82 Å². The van der Waals surface area contributed by atoms with Crippen LogP contribution in [0.3, 0.4) is 0 Å². The molecule has 8 nitrogen and oxygen atoms in total. The minimum atomic E-state index is -3.87. The lowest BCUT2D eigenvalue weighted by molar-refractivity contribution is 0.122. The molecule has 5 rings (SSSR count). The summed E-state index contributed by atoms with van der Waals surface area (Å²) >= 11 is 6.00. The van der Waals surface area contributed by atoms with Crippen molar-refractivity contribution in [1.29, 1.82) is 0 Å². The molecule has 35 heavy (non-hydrogen) atoms. The Hall–Kier alpha value is -2.86. The monoisotopic (exact) mass is 522 g/mol. The van der Waals surface area contributed by atoms with E-state index in [9.17, 15) is 17.2 Å². The molecular weight excluding hydrogens is 502 g/mol. The second-order valence-electron chi connectivity index (χ2n) is 8.08. The van der Waals surface area contributed by atoms with Gasteiger partial charge in [0.05, 0.1) is 29.4 Å². The molecule has 0 saturated carbocycles. The van der Waals surface area contributed by atoms with Crippen LogP contribution in [0.1, 0.15) is 11.3 Å². The lowest BCUT2D eigenvalue weighted by Crippen LogP contribution is -2.39. The number of hydrogen-bond donors (Lipinski definition) is 0. The number of benzene rings is 2. The van der Waals surface area contributed by atoms with Gasteiger partial charge in [-0.05, 0) is 30.3 Å². The molecule has 0 radical (unpaired) electrons. The van der Waals surface area contributed by atoms with Gasteiger partial charge in [0.15, 0.2) is 11.6 Å². The van der Waals surface area contributed by atoms with Crippen molar-refractivity contribution in [2.24, 2.45) is 0 Å². The Morgan fingerprint density at radius 3 is 2.57 bits per heavy atom. The van der Waals surface area contributed by atoms with Crippen LogP contribution in [0.5, 0.6) is 11.6 Å². The molecule has 0 N–H and O–H groups in total. The molecular formula is C23H21ClF2N4O4S. The third-order valence-corrected chi connectivity index (χ3v) is 7.88. The van der Waals surface area contributed by atoms with Crippen LogP contribution in [0.2, 0.25) is 5.02 Å². The second-order valence-corrected chi connectivity index (χ2v) is 10.5. The Bertz CT molecular complexity index is 1370. The smallest absolute Gasteiger partial charge is 0.243 e. The predicted octanol–water partition coefficient (Wildman–Crippen LogP) is 3.78. The molecule has 0 atom stereocenters. The van der Waals surface area contributed by atoms with Crippen LogP contribution in [-0.2, 0) is 27.7 Å². The van der Waals surface area contributed by atoms with E-state index in [1.54, 1.807) is 12.1 Å². The molecule has 0 bridgehead atoms. The fourth-order valence-electron chi connectivity index (χ4n) is 3.98. The van der Waals surface area contributed by atoms with Gasteiger partial charge in [-0.2, -0.15) is 9.29 Å². The summed E-state index contributed by atoms with van der Waals surface area (Å²) in [6, 6.07) is 8.96. The largest absolute Gasteiger partial charge is 0.435 e. The molecule has 2 aliphatic rings. The van der Waals surface area contributed by atoms with E-state index in [-0.39, 0.29) is 29.6 Å². The van der Waals surface area contributed by atoms with Gasteiger partial charge in [0, 0.05) is 43.7 Å². The Morgan fingerprint density at radius 2 is 1.83 bits per heavy atom. The highest BCUT2D eigenvalue weighted by atomic mass is 35.5. The molecule has 1 saturated heterocycles. The highest BCUT2D eigenvalue weighted by Gasteiger charge is 2.33. The number of nitrogens with zero attached hydrogens (tertiary/aromatic N) is 4. The molecule has 0 aliphatic carbocycles. The maximum Gasteiger partial charge on any atom is 0.243 e. The lowest BCUT2D eigenvalue weighted by Gasteiger charge is -2.31. The van der Waals surface area contributed by atoms with Crippen molar-refractivity contribution in [3.8, 4) is 11.6 Å². The summed E-state index contributed by atoms with van der Waals surface area (Å²) in [6.45, 7) is 2.26. The van der Waals surface area contributed by atoms with Crippen LogP contribution < -0.4 is 9.64 Å². The van der Waals surface area contributed by atoms with Gasteiger partial charge in [-0.1, -0.05) is 17.7 Å². The van der Waals surface area contributed by atoms with Crippen LogP contribution in [0.4, 0.5) is 14.7 Å². The van der Waals surface area contributed by atoms with Crippen molar-refractivity contribution < 1.29 is 26.7 Å². The molecule has 0 spiro atoms. The lowest BCUT2D eigenvalue weighted by atomic mass is 10.1.